The molecule has 2 aromatic carbocycles. The predicted octanol–water partition coefficient (Wildman–Crippen LogP) is 3.89. The summed E-state index contributed by atoms with van der Waals surface area (Å²) in [4.78, 5) is 67.0. The fourth-order valence-corrected chi connectivity index (χ4v) is 7.58. The molecule has 2 aliphatic heterocycles. The van der Waals surface area contributed by atoms with Crippen LogP contribution >= 0.6 is 23.1 Å². The molecule has 0 bridgehead atoms. The van der Waals surface area contributed by atoms with Gasteiger partial charge in [-0.1, -0.05) is 78.0 Å². The number of pyridine rings is 1. The van der Waals surface area contributed by atoms with Crippen LogP contribution in [0.3, 0.4) is 0 Å². The van der Waals surface area contributed by atoms with E-state index in [1.54, 1.807) is 34.7 Å². The lowest BCUT2D eigenvalue weighted by atomic mass is 9.86. The number of β-lactam (4-membered cyclic amide) rings is 1. The van der Waals surface area contributed by atoms with Crippen molar-refractivity contribution in [3.8, 4) is 0 Å². The van der Waals surface area contributed by atoms with Gasteiger partial charge in [0.05, 0.1) is 5.69 Å². The number of ether oxygens (including phenoxy) is 1. The zero-order valence-electron chi connectivity index (χ0n) is 25.6. The van der Waals surface area contributed by atoms with Gasteiger partial charge in [0.1, 0.15) is 29.6 Å². The molecule has 6 rings (SSSR count). The first-order valence-corrected chi connectivity index (χ1v) is 16.8. The van der Waals surface area contributed by atoms with Crippen molar-refractivity contribution < 1.29 is 28.8 Å². The quantitative estimate of drug-likeness (QED) is 0.0746. The van der Waals surface area contributed by atoms with E-state index in [9.17, 15) is 19.2 Å². The van der Waals surface area contributed by atoms with Gasteiger partial charge in [-0.05, 0) is 29.3 Å². The lowest BCUT2D eigenvalue weighted by Crippen LogP contribution is -2.74. The van der Waals surface area contributed by atoms with Crippen molar-refractivity contribution in [2.75, 3.05) is 24.7 Å². The molecule has 0 spiro atoms. The number of nitrogens with one attached hydrogen (secondary N) is 2. The lowest BCUT2D eigenvalue weighted by molar-refractivity contribution is -0.162. The van der Waals surface area contributed by atoms with Crippen LogP contribution in [0.1, 0.15) is 28.6 Å². The van der Waals surface area contributed by atoms with Crippen LogP contribution in [-0.4, -0.2) is 75.6 Å². The van der Waals surface area contributed by atoms with Gasteiger partial charge in [0.15, 0.2) is 16.9 Å². The normalized spacial score (nSPS) is 20.5. The van der Waals surface area contributed by atoms with Crippen molar-refractivity contribution in [3.05, 3.63) is 119 Å². The lowest BCUT2D eigenvalue weighted by Gasteiger charge is -2.53. The number of benzene rings is 2. The Morgan fingerprint density at radius 3 is 2.42 bits per heavy atom. The average Bonchev–Trinajstić information content (AvgIpc) is 3.60. The molecule has 0 radical (unpaired) electrons. The third kappa shape index (κ3) is 6.85. The van der Waals surface area contributed by atoms with E-state index in [2.05, 4.69) is 25.8 Å². The maximum absolute atomic E-state index is 14.3. The second-order valence-electron chi connectivity index (χ2n) is 10.9. The summed E-state index contributed by atoms with van der Waals surface area (Å²) in [7, 11) is 1.29. The first kappa shape index (κ1) is 32.6. The van der Waals surface area contributed by atoms with E-state index in [0.717, 1.165) is 22.5 Å². The number of amides is 3. The molecule has 3 amide bonds. The number of nitrogens with zero attached hydrogens (tertiary/aromatic N) is 4. The number of rotatable bonds is 12. The fourth-order valence-electron chi connectivity index (χ4n) is 5.42. The Morgan fingerprint density at radius 2 is 1.77 bits per heavy atom. The molecule has 0 aliphatic carbocycles. The summed E-state index contributed by atoms with van der Waals surface area (Å²) in [5.74, 6) is -1.24. The van der Waals surface area contributed by atoms with Gasteiger partial charge in [-0.2, -0.15) is 0 Å². The third-order valence-electron chi connectivity index (χ3n) is 7.82. The molecule has 2 fully saturated rings. The van der Waals surface area contributed by atoms with Crippen molar-refractivity contribution in [2.24, 2.45) is 10.6 Å². The number of carbonyl (C=O) groups is 4. The highest BCUT2D eigenvalue weighted by Gasteiger charge is 2.57. The SMILES string of the molecule is CON=C(C(=O)NC1C(=O)N2CC(C=Cc3ccccn3)(C(=O)OC(c3ccccc3)c3ccccc3)CS[C@H]12)c1csc(NC=O)n1. The smallest absolute Gasteiger partial charge is 0.319 e. The Morgan fingerprint density at radius 1 is 1.06 bits per heavy atom. The number of oxime groups is 1. The van der Waals surface area contributed by atoms with Crippen LogP contribution in [0.4, 0.5) is 5.13 Å². The maximum Gasteiger partial charge on any atom is 0.319 e. The highest BCUT2D eigenvalue weighted by molar-refractivity contribution is 8.00. The van der Waals surface area contributed by atoms with E-state index in [1.165, 1.54) is 18.9 Å². The zero-order chi connectivity index (χ0) is 33.5. The van der Waals surface area contributed by atoms with Crippen LogP contribution < -0.4 is 10.6 Å². The Balaban J connectivity index is 1.24. The molecule has 48 heavy (non-hydrogen) atoms. The summed E-state index contributed by atoms with van der Waals surface area (Å²) in [6.07, 6.45) is 5.00. The summed E-state index contributed by atoms with van der Waals surface area (Å²) < 4.78 is 6.32. The summed E-state index contributed by atoms with van der Waals surface area (Å²) in [6.45, 7) is 0.0418. The van der Waals surface area contributed by atoms with Gasteiger partial charge in [0, 0.05) is 23.9 Å². The molecule has 2 unspecified atom stereocenters. The van der Waals surface area contributed by atoms with Crippen LogP contribution in [0.5, 0.6) is 0 Å². The molecule has 3 atom stereocenters. The zero-order valence-corrected chi connectivity index (χ0v) is 27.2. The molecule has 2 saturated heterocycles. The number of anilines is 1. The second kappa shape index (κ2) is 14.6. The third-order valence-corrected chi connectivity index (χ3v) is 10.1. The molecule has 12 nitrogen and oxygen atoms in total. The van der Waals surface area contributed by atoms with Crippen LogP contribution in [0.25, 0.3) is 6.08 Å². The molecule has 244 valence electrons. The van der Waals surface area contributed by atoms with Crippen LogP contribution in [0.2, 0.25) is 0 Å². The van der Waals surface area contributed by atoms with Gasteiger partial charge in [-0.3, -0.25) is 24.2 Å². The number of aromatic nitrogens is 2. The number of esters is 1. The van der Waals surface area contributed by atoms with Gasteiger partial charge in [-0.15, -0.1) is 23.1 Å². The Kier molecular flexibility index (Phi) is 9.92. The van der Waals surface area contributed by atoms with Crippen molar-refractivity contribution >= 4 is 64.2 Å². The monoisotopic (exact) mass is 682 g/mol. The Hall–Kier alpha value is -5.34. The largest absolute Gasteiger partial charge is 0.452 e. The number of thiazole rings is 1. The summed E-state index contributed by atoms with van der Waals surface area (Å²) in [5.41, 5.74) is 1.09. The van der Waals surface area contributed by atoms with Crippen molar-refractivity contribution in [2.45, 2.75) is 17.5 Å². The van der Waals surface area contributed by atoms with Gasteiger partial charge in [0.25, 0.3) is 5.91 Å². The molecule has 2 N–H and O–H groups in total. The number of fused-ring (bicyclic) bond motifs is 1. The minimum absolute atomic E-state index is 0.0418. The van der Waals surface area contributed by atoms with Gasteiger partial charge in [-0.25, -0.2) is 4.98 Å². The maximum atomic E-state index is 14.3. The second-order valence-corrected chi connectivity index (χ2v) is 12.9. The topological polar surface area (TPSA) is 152 Å². The number of hydrogen-bond acceptors (Lipinski definition) is 11. The molecule has 14 heteroatoms. The van der Waals surface area contributed by atoms with E-state index < -0.39 is 34.8 Å². The van der Waals surface area contributed by atoms with E-state index in [1.807, 2.05) is 72.8 Å². The molecular weight excluding hydrogens is 653 g/mol. The molecular formula is C34H30N6O6S2. The van der Waals surface area contributed by atoms with Crippen molar-refractivity contribution in [3.63, 3.8) is 0 Å². The van der Waals surface area contributed by atoms with E-state index in [-0.39, 0.29) is 34.7 Å². The van der Waals surface area contributed by atoms with Crippen LogP contribution in [0.15, 0.2) is 102 Å². The van der Waals surface area contributed by atoms with Crippen molar-refractivity contribution in [1.29, 1.82) is 0 Å². The Bertz CT molecular complexity index is 1800. The summed E-state index contributed by atoms with van der Waals surface area (Å²) in [6, 6.07) is 23.6. The molecule has 4 heterocycles. The first-order valence-electron chi connectivity index (χ1n) is 14.8. The van der Waals surface area contributed by atoms with Gasteiger partial charge in [0.2, 0.25) is 12.3 Å². The van der Waals surface area contributed by atoms with Crippen LogP contribution in [0, 0.1) is 5.41 Å². The highest BCUT2D eigenvalue weighted by Crippen LogP contribution is 2.45. The van der Waals surface area contributed by atoms with Crippen LogP contribution in [-0.2, 0) is 28.8 Å². The number of carbonyl (C=O) groups excluding carboxylic acids is 4. The van der Waals surface area contributed by atoms with Gasteiger partial charge < -0.3 is 25.1 Å². The number of hydrogen-bond donors (Lipinski definition) is 2. The summed E-state index contributed by atoms with van der Waals surface area (Å²) in [5, 5.41) is 10.4. The minimum Gasteiger partial charge on any atom is -0.452 e. The summed E-state index contributed by atoms with van der Waals surface area (Å²) >= 11 is 2.48. The van der Waals surface area contributed by atoms with Crippen molar-refractivity contribution in [1.82, 2.24) is 20.2 Å². The Labute approximate surface area is 284 Å². The molecule has 0 saturated carbocycles. The molecule has 2 aliphatic rings. The number of thioether (sulfide) groups is 1. The van der Waals surface area contributed by atoms with Gasteiger partial charge >= 0.3 is 5.97 Å². The van der Waals surface area contributed by atoms with E-state index in [0.29, 0.717) is 12.1 Å². The first-order chi connectivity index (χ1) is 23.4. The standard InChI is InChI=1S/C34H30N6O6S2/c1-45-39-26(25-18-47-33(37-25)36-21-41)29(42)38-27-30(43)40-19-34(20-48-31(27)40,16-15-24-14-8-9-17-35-24)32(44)46-28(22-10-4-2-5-11-22)23-12-6-3-7-13-23/h2-18,21,27-28,31H,19-20H2,1H3,(H,38,42)(H,36,37,41)/t27?,31-,34?/m1/s1. The van der Waals surface area contributed by atoms with E-state index in [4.69, 9.17) is 9.57 Å². The fraction of sp³-hybridized carbons (Fsp3) is 0.206. The minimum atomic E-state index is -1.21. The molecule has 2 aromatic heterocycles. The predicted molar refractivity (Wildman–Crippen MR) is 182 cm³/mol. The van der Waals surface area contributed by atoms with E-state index >= 15 is 0 Å². The molecule has 4 aromatic rings. The average molecular weight is 683 g/mol. The highest BCUT2D eigenvalue weighted by atomic mass is 32.2.